The molecule has 0 aliphatic heterocycles. The van der Waals surface area contributed by atoms with Crippen LogP contribution in [0, 0.1) is 0 Å². The molecule has 0 saturated heterocycles. The van der Waals surface area contributed by atoms with Gasteiger partial charge in [-0.2, -0.15) is 0 Å². The summed E-state index contributed by atoms with van der Waals surface area (Å²) in [5.74, 6) is -1.32. The number of esters is 2. The number of aliphatic hydroxyl groups is 3. The molecule has 0 amide bonds. The third-order valence-electron chi connectivity index (χ3n) is 11.4. The molecule has 8 N–H and O–H groups in total. The second kappa shape index (κ2) is 38.9. The quantitative estimate of drug-likeness (QED) is 0.0122. The first-order valence-corrected chi connectivity index (χ1v) is 29.8. The smallest absolute Gasteiger partial charge is 0.462 e. The van der Waals surface area contributed by atoms with E-state index in [-0.39, 0.29) is 12.8 Å². The summed E-state index contributed by atoms with van der Waals surface area (Å²) in [6, 6.07) is 0. The van der Waals surface area contributed by atoms with Gasteiger partial charge in [-0.25, -0.2) is 13.7 Å². The third kappa shape index (κ3) is 35.2. The van der Waals surface area contributed by atoms with Crippen LogP contribution in [0.4, 0.5) is 0 Å². The molecule has 1 aliphatic carbocycles. The fourth-order valence-corrected chi connectivity index (χ4v) is 9.75. The highest BCUT2D eigenvalue weighted by Crippen LogP contribution is 2.51. The van der Waals surface area contributed by atoms with Crippen LogP contribution in [0.1, 0.15) is 194 Å². The largest absolute Gasteiger partial charge is 0.472 e. The molecule has 404 valence electrons. The van der Waals surface area contributed by atoms with Crippen molar-refractivity contribution in [3.05, 3.63) is 36.5 Å². The molecule has 0 spiro atoms. The number of rotatable bonds is 43. The second-order valence-electron chi connectivity index (χ2n) is 17.8. The fourth-order valence-electron chi connectivity index (χ4n) is 7.65. The maximum atomic E-state index is 13.1. The maximum Gasteiger partial charge on any atom is 0.472 e. The van der Waals surface area contributed by atoms with Gasteiger partial charge in [0, 0.05) is 12.8 Å². The summed E-state index contributed by atoms with van der Waals surface area (Å²) in [5, 5.41) is 31.9. The van der Waals surface area contributed by atoms with Gasteiger partial charge in [0.1, 0.15) is 43.2 Å². The first-order valence-electron chi connectivity index (χ1n) is 25.3. The van der Waals surface area contributed by atoms with E-state index in [9.17, 15) is 63.1 Å². The van der Waals surface area contributed by atoms with E-state index >= 15 is 0 Å². The average Bonchev–Trinajstić information content (AvgIpc) is 3.28. The normalized spacial score (nSPS) is 21.6. The molecule has 69 heavy (non-hydrogen) atoms. The van der Waals surface area contributed by atoms with Crippen LogP contribution in [0.5, 0.6) is 0 Å². The molecule has 22 heteroatoms. The molecule has 1 rings (SSSR count). The Morgan fingerprint density at radius 1 is 0.464 bits per heavy atom. The van der Waals surface area contributed by atoms with E-state index in [2.05, 4.69) is 59.4 Å². The zero-order valence-corrected chi connectivity index (χ0v) is 43.8. The molecule has 1 saturated carbocycles. The highest BCUT2D eigenvalue weighted by molar-refractivity contribution is 7.47. The molecule has 0 aromatic carbocycles. The number of ether oxygens (including phenoxy) is 2. The molecule has 0 aromatic heterocycles. The molecule has 1 aliphatic rings. The minimum atomic E-state index is -5.60. The van der Waals surface area contributed by atoms with E-state index in [4.69, 9.17) is 18.5 Å². The van der Waals surface area contributed by atoms with E-state index in [0.717, 1.165) is 77.0 Å². The lowest BCUT2D eigenvalue weighted by Crippen LogP contribution is -2.65. The van der Waals surface area contributed by atoms with E-state index in [1.807, 2.05) is 0 Å². The highest BCUT2D eigenvalue weighted by Gasteiger charge is 2.56. The summed E-state index contributed by atoms with van der Waals surface area (Å²) < 4.78 is 65.6. The molecule has 0 bridgehead atoms. The Hall–Kier alpha value is -1.63. The van der Waals surface area contributed by atoms with Gasteiger partial charge in [-0.3, -0.25) is 27.7 Å². The average molecular weight is 1050 g/mol. The van der Waals surface area contributed by atoms with E-state index in [0.29, 0.717) is 12.8 Å². The zero-order valence-electron chi connectivity index (χ0n) is 41.1. The van der Waals surface area contributed by atoms with E-state index in [1.54, 1.807) is 0 Å². The van der Waals surface area contributed by atoms with Crippen LogP contribution in [0.15, 0.2) is 36.5 Å². The maximum absolute atomic E-state index is 13.1. The predicted molar refractivity (Wildman–Crippen MR) is 261 cm³/mol. The molecule has 8 atom stereocenters. The number of phosphoric acid groups is 3. The van der Waals surface area contributed by atoms with Gasteiger partial charge < -0.3 is 49.3 Å². The van der Waals surface area contributed by atoms with Gasteiger partial charge in [-0.15, -0.1) is 0 Å². The van der Waals surface area contributed by atoms with Gasteiger partial charge in [-0.1, -0.05) is 166 Å². The molecule has 19 nitrogen and oxygen atoms in total. The van der Waals surface area contributed by atoms with Crippen LogP contribution in [0.3, 0.4) is 0 Å². The number of hydrogen-bond donors (Lipinski definition) is 8. The lowest BCUT2D eigenvalue weighted by Gasteiger charge is -2.44. The number of hydrogen-bond acceptors (Lipinski definition) is 14. The Bertz CT molecular complexity index is 1580. The number of carbonyl (C=O) groups is 2. The van der Waals surface area contributed by atoms with Crippen molar-refractivity contribution in [3.8, 4) is 0 Å². The van der Waals surface area contributed by atoms with Crippen molar-refractivity contribution in [1.29, 1.82) is 0 Å². The summed E-state index contributed by atoms with van der Waals surface area (Å²) >= 11 is 0. The zero-order chi connectivity index (χ0) is 51.4. The van der Waals surface area contributed by atoms with Crippen molar-refractivity contribution in [2.45, 2.75) is 236 Å². The Morgan fingerprint density at radius 2 is 0.841 bits per heavy atom. The molecule has 0 radical (unpaired) electrons. The number of carbonyl (C=O) groups excluding carboxylic acids is 2. The van der Waals surface area contributed by atoms with Gasteiger partial charge in [0.05, 0.1) is 6.61 Å². The first-order chi connectivity index (χ1) is 32.8. The Labute approximate surface area is 410 Å². The van der Waals surface area contributed by atoms with Crippen molar-refractivity contribution in [2.75, 3.05) is 13.2 Å². The summed E-state index contributed by atoms with van der Waals surface area (Å²) in [4.78, 5) is 73.3. The Morgan fingerprint density at radius 3 is 1.32 bits per heavy atom. The van der Waals surface area contributed by atoms with E-state index in [1.165, 1.54) is 77.0 Å². The van der Waals surface area contributed by atoms with Crippen molar-refractivity contribution in [3.63, 3.8) is 0 Å². The SMILES string of the molecule is CCCCCC=CCC=CCC=CCCCCCCC(=O)OCC(COP(=O)(O)OC1C(O)C(O)C(OP(=O)(O)O)C(OP(=O)(O)O)C1O)OC(=O)CCCCCCCCCCCCCCCCC. The van der Waals surface area contributed by atoms with Gasteiger partial charge in [-0.05, 0) is 51.4 Å². The number of phosphoric ester groups is 3. The van der Waals surface area contributed by atoms with Crippen LogP contribution in [-0.4, -0.2) is 108 Å². The van der Waals surface area contributed by atoms with Crippen molar-refractivity contribution in [1.82, 2.24) is 0 Å². The van der Waals surface area contributed by atoms with Gasteiger partial charge >= 0.3 is 35.4 Å². The number of allylic oxidation sites excluding steroid dienone is 6. The lowest BCUT2D eigenvalue weighted by atomic mass is 9.85. The summed E-state index contributed by atoms with van der Waals surface area (Å²) in [6.07, 6.45) is 24.3. The van der Waals surface area contributed by atoms with Crippen LogP contribution in [0.25, 0.3) is 0 Å². The van der Waals surface area contributed by atoms with Crippen LogP contribution < -0.4 is 0 Å². The van der Waals surface area contributed by atoms with Crippen molar-refractivity contribution >= 4 is 35.4 Å². The fraction of sp³-hybridized carbons (Fsp3) is 0.830. The standard InChI is InChI=1S/C47H87O19P3/c1-3-5-7-9-11-13-15-17-19-20-22-23-25-27-29-31-33-35-40(48)61-37-39(63-41(49)36-34-32-30-28-26-24-21-18-16-14-12-10-8-6-4-2)38-62-69(59,60)66-45-42(50)43(51)46(64-67(53,54)55)47(44(45)52)65-68(56,57)58/h11,13,17,19,22-23,39,42-47,50-52H,3-10,12,14-16,18,20-21,24-38H2,1-2H3,(H,59,60)(H2,53,54,55)(H2,56,57,58). The molecule has 0 heterocycles. The summed E-state index contributed by atoms with van der Waals surface area (Å²) in [5.41, 5.74) is 0. The first kappa shape index (κ1) is 65.4. The van der Waals surface area contributed by atoms with Gasteiger partial charge in [0.25, 0.3) is 0 Å². The second-order valence-corrected chi connectivity index (χ2v) is 21.5. The van der Waals surface area contributed by atoms with Crippen LogP contribution in [0.2, 0.25) is 0 Å². The Kier molecular flexibility index (Phi) is 36.9. The van der Waals surface area contributed by atoms with Crippen molar-refractivity contribution < 1.29 is 90.6 Å². The number of aliphatic hydroxyl groups excluding tert-OH is 3. The molecule has 1 fully saturated rings. The molecule has 0 aromatic rings. The van der Waals surface area contributed by atoms with Crippen LogP contribution in [-0.2, 0) is 50.9 Å². The molecular weight excluding hydrogens is 961 g/mol. The van der Waals surface area contributed by atoms with Gasteiger partial charge in [0.15, 0.2) is 6.10 Å². The summed E-state index contributed by atoms with van der Waals surface area (Å²) in [6.45, 7) is 2.92. The minimum absolute atomic E-state index is 0.00408. The highest BCUT2D eigenvalue weighted by atomic mass is 31.2. The summed E-state index contributed by atoms with van der Waals surface area (Å²) in [7, 11) is -16.6. The van der Waals surface area contributed by atoms with Crippen LogP contribution >= 0.6 is 23.5 Å². The lowest BCUT2D eigenvalue weighted by molar-refractivity contribution is -0.213. The molecule has 8 unspecified atom stereocenters. The Balaban J connectivity index is 2.71. The number of unbranched alkanes of at least 4 members (excludes halogenated alkanes) is 21. The minimum Gasteiger partial charge on any atom is -0.462 e. The molecular formula is C47H87O19P3. The van der Waals surface area contributed by atoms with E-state index < -0.39 is 91.3 Å². The van der Waals surface area contributed by atoms with Crippen molar-refractivity contribution in [2.24, 2.45) is 0 Å². The predicted octanol–water partition coefficient (Wildman–Crippen LogP) is 9.63. The third-order valence-corrected chi connectivity index (χ3v) is 13.5. The monoisotopic (exact) mass is 1050 g/mol. The van der Waals surface area contributed by atoms with Gasteiger partial charge in [0.2, 0.25) is 0 Å². The topological polar surface area (TPSA) is 303 Å².